The van der Waals surface area contributed by atoms with Gasteiger partial charge in [0.2, 0.25) is 0 Å². The number of hydrogen-bond acceptors (Lipinski definition) is 4. The van der Waals surface area contributed by atoms with Crippen LogP contribution in [0.4, 0.5) is 0 Å². The maximum Gasteiger partial charge on any atom is 0.115 e. The van der Waals surface area contributed by atoms with Gasteiger partial charge in [0.15, 0.2) is 0 Å². The van der Waals surface area contributed by atoms with E-state index < -0.39 is 0 Å². The highest BCUT2D eigenvalue weighted by Gasteiger charge is 1.96. The van der Waals surface area contributed by atoms with E-state index in [9.17, 15) is 0 Å². The van der Waals surface area contributed by atoms with Crippen molar-refractivity contribution >= 4 is 0 Å². The molecule has 3 aromatic heterocycles. The van der Waals surface area contributed by atoms with Gasteiger partial charge in [-0.25, -0.2) is 9.97 Å². The fourth-order valence-electron chi connectivity index (χ4n) is 2.11. The Morgan fingerprint density at radius 1 is 0.593 bits per heavy atom. The molecule has 3 aromatic rings. The summed E-state index contributed by atoms with van der Waals surface area (Å²) < 4.78 is 0. The minimum absolute atomic E-state index is 0.507. The van der Waals surface area contributed by atoms with Crippen LogP contribution in [0, 0.1) is 0 Å². The van der Waals surface area contributed by atoms with Gasteiger partial charge in [-0.15, -0.1) is 0 Å². The topological polar surface area (TPSA) is 51.6 Å². The monoisotopic (exact) mass is 364 g/mol. The molecule has 0 aliphatic rings. The Morgan fingerprint density at radius 2 is 1.22 bits per heavy atom. The van der Waals surface area contributed by atoms with E-state index >= 15 is 0 Å². The van der Waals surface area contributed by atoms with Crippen molar-refractivity contribution in [3.05, 3.63) is 84.5 Å². The molecule has 0 fully saturated rings. The van der Waals surface area contributed by atoms with E-state index in [1.807, 2.05) is 42.9 Å². The molecule has 0 amide bonds. The molecule has 0 spiro atoms. The molecule has 0 atom stereocenters. The number of hydrogen-bond donors (Lipinski definition) is 0. The molecule has 0 aliphatic carbocycles. The Balaban J connectivity index is 0.000000202. The highest BCUT2D eigenvalue weighted by Crippen LogP contribution is 2.11. The van der Waals surface area contributed by atoms with Crippen LogP contribution in [-0.4, -0.2) is 19.9 Å². The summed E-state index contributed by atoms with van der Waals surface area (Å²) in [6.45, 7) is 12.9. The van der Waals surface area contributed by atoms with Gasteiger partial charge in [-0.3, -0.25) is 9.97 Å². The van der Waals surface area contributed by atoms with Crippen LogP contribution in [0.25, 0.3) is 0 Å². The maximum absolute atomic E-state index is 4.07. The second-order valence-electron chi connectivity index (χ2n) is 7.17. The summed E-state index contributed by atoms with van der Waals surface area (Å²) >= 11 is 0. The van der Waals surface area contributed by atoms with Crippen molar-refractivity contribution < 1.29 is 0 Å². The first-order valence-electron chi connectivity index (χ1n) is 9.47. The minimum Gasteiger partial charge on any atom is -0.265 e. The average Bonchev–Trinajstić information content (AvgIpc) is 2.71. The summed E-state index contributed by atoms with van der Waals surface area (Å²) in [4.78, 5) is 15.8. The van der Waals surface area contributed by atoms with Gasteiger partial charge in [-0.05, 0) is 53.1 Å². The fourth-order valence-corrected chi connectivity index (χ4v) is 2.11. The Labute approximate surface area is 164 Å². The third kappa shape index (κ3) is 9.59. The predicted octanol–water partition coefficient (Wildman–Crippen LogP) is 6.01. The molecule has 0 unspecified atom stereocenters. The van der Waals surface area contributed by atoms with E-state index in [2.05, 4.69) is 67.5 Å². The third-order valence-electron chi connectivity index (χ3n) is 3.92. The average molecular weight is 365 g/mol. The quantitative estimate of drug-likeness (QED) is 0.571. The Bertz CT molecular complexity index is 608. The molecule has 27 heavy (non-hydrogen) atoms. The van der Waals surface area contributed by atoms with Crippen LogP contribution in [0.2, 0.25) is 0 Å². The first-order chi connectivity index (χ1) is 12.9. The highest BCUT2D eigenvalue weighted by molar-refractivity contribution is 5.13. The van der Waals surface area contributed by atoms with Crippen LogP contribution >= 0.6 is 0 Å². The van der Waals surface area contributed by atoms with E-state index in [1.165, 1.54) is 11.1 Å². The van der Waals surface area contributed by atoms with Crippen molar-refractivity contribution in [3.63, 3.8) is 0 Å². The zero-order valence-electron chi connectivity index (χ0n) is 17.4. The van der Waals surface area contributed by atoms with Crippen molar-refractivity contribution in [2.45, 2.75) is 59.3 Å². The van der Waals surface area contributed by atoms with Crippen molar-refractivity contribution in [1.82, 2.24) is 19.9 Å². The standard InChI is InChI=1S/2C8H11N.C7H10N2/c1-7(2)8-3-5-9-6-4-8;1-7(2)8-4-3-5-9-6-8;1-6(2)7-3-4-8-5-9-7/h2*3-7H,1-2H3;3-6H,1-2H3. The van der Waals surface area contributed by atoms with Crippen LogP contribution < -0.4 is 0 Å². The zero-order chi connectivity index (χ0) is 20.1. The molecular formula is C23H32N4. The molecule has 4 heteroatoms. The molecule has 0 saturated heterocycles. The molecule has 0 radical (unpaired) electrons. The summed E-state index contributed by atoms with van der Waals surface area (Å²) in [5.74, 6) is 1.72. The lowest BCUT2D eigenvalue weighted by atomic mass is 10.1. The molecule has 144 valence electrons. The zero-order valence-corrected chi connectivity index (χ0v) is 17.4. The second-order valence-corrected chi connectivity index (χ2v) is 7.17. The lowest BCUT2D eigenvalue weighted by molar-refractivity contribution is 0.814. The number of aromatic nitrogens is 4. The first kappa shape index (κ1) is 22.4. The molecule has 0 saturated carbocycles. The molecule has 4 nitrogen and oxygen atoms in total. The second kappa shape index (κ2) is 12.7. The Hall–Kier alpha value is -2.62. The van der Waals surface area contributed by atoms with Crippen LogP contribution in [0.1, 0.15) is 76.1 Å². The van der Waals surface area contributed by atoms with Crippen molar-refractivity contribution in [2.75, 3.05) is 0 Å². The van der Waals surface area contributed by atoms with E-state index in [0.717, 1.165) is 5.69 Å². The summed E-state index contributed by atoms with van der Waals surface area (Å²) in [6.07, 6.45) is 10.7. The van der Waals surface area contributed by atoms with Gasteiger partial charge < -0.3 is 0 Å². The maximum atomic E-state index is 4.07. The molecular weight excluding hydrogens is 332 g/mol. The van der Waals surface area contributed by atoms with Gasteiger partial charge in [0.1, 0.15) is 6.33 Å². The largest absolute Gasteiger partial charge is 0.265 e. The Kier molecular flexibility index (Phi) is 10.5. The molecule has 0 bridgehead atoms. The lowest BCUT2D eigenvalue weighted by Gasteiger charge is -2.01. The number of pyridine rings is 2. The van der Waals surface area contributed by atoms with Crippen molar-refractivity contribution in [2.24, 2.45) is 0 Å². The minimum atomic E-state index is 0.507. The highest BCUT2D eigenvalue weighted by atomic mass is 14.8. The molecule has 3 rings (SSSR count). The first-order valence-corrected chi connectivity index (χ1v) is 9.47. The number of nitrogens with zero attached hydrogens (tertiary/aromatic N) is 4. The Morgan fingerprint density at radius 3 is 1.56 bits per heavy atom. The van der Waals surface area contributed by atoms with Gasteiger partial charge in [0.25, 0.3) is 0 Å². The van der Waals surface area contributed by atoms with Gasteiger partial charge in [-0.2, -0.15) is 0 Å². The summed E-state index contributed by atoms with van der Waals surface area (Å²) in [5, 5.41) is 0. The third-order valence-corrected chi connectivity index (χ3v) is 3.92. The number of rotatable bonds is 3. The van der Waals surface area contributed by atoms with E-state index in [1.54, 1.807) is 18.7 Å². The van der Waals surface area contributed by atoms with E-state index in [0.29, 0.717) is 17.8 Å². The summed E-state index contributed by atoms with van der Waals surface area (Å²) in [7, 11) is 0. The normalized spacial score (nSPS) is 10.1. The smallest absolute Gasteiger partial charge is 0.115 e. The predicted molar refractivity (Wildman–Crippen MR) is 113 cm³/mol. The molecule has 0 aromatic carbocycles. The van der Waals surface area contributed by atoms with Crippen molar-refractivity contribution in [1.29, 1.82) is 0 Å². The van der Waals surface area contributed by atoms with Gasteiger partial charge >= 0.3 is 0 Å². The summed E-state index contributed by atoms with van der Waals surface area (Å²) in [5.41, 5.74) is 3.76. The molecule has 3 heterocycles. The van der Waals surface area contributed by atoms with Gasteiger partial charge in [0, 0.05) is 36.7 Å². The van der Waals surface area contributed by atoms with E-state index in [4.69, 9.17) is 0 Å². The molecule has 0 aliphatic heterocycles. The fraction of sp³-hybridized carbons (Fsp3) is 0.391. The van der Waals surface area contributed by atoms with Crippen LogP contribution in [0.5, 0.6) is 0 Å². The molecule has 0 N–H and O–H groups in total. The van der Waals surface area contributed by atoms with Crippen LogP contribution in [0.3, 0.4) is 0 Å². The SMILES string of the molecule is CC(C)c1cccnc1.CC(C)c1ccncc1.CC(C)c1ccncn1. The van der Waals surface area contributed by atoms with Gasteiger partial charge in [0.05, 0.1) is 0 Å². The van der Waals surface area contributed by atoms with E-state index in [-0.39, 0.29) is 0 Å². The van der Waals surface area contributed by atoms with Crippen LogP contribution in [0.15, 0.2) is 67.6 Å². The van der Waals surface area contributed by atoms with Crippen molar-refractivity contribution in [3.8, 4) is 0 Å². The lowest BCUT2D eigenvalue weighted by Crippen LogP contribution is -1.90. The van der Waals surface area contributed by atoms with Gasteiger partial charge in [-0.1, -0.05) is 47.6 Å². The van der Waals surface area contributed by atoms with Crippen LogP contribution in [-0.2, 0) is 0 Å². The summed E-state index contributed by atoms with van der Waals surface area (Å²) in [6, 6.07) is 10.1.